The van der Waals surface area contributed by atoms with Crippen LogP contribution < -0.4 is 10.1 Å². The van der Waals surface area contributed by atoms with Gasteiger partial charge in [0.2, 0.25) is 6.10 Å². The quantitative estimate of drug-likeness (QED) is 0.802. The molecule has 1 aromatic heterocycles. The highest BCUT2D eigenvalue weighted by molar-refractivity contribution is 5.95. The fourth-order valence-electron chi connectivity index (χ4n) is 2.20. The second-order valence-electron chi connectivity index (χ2n) is 5.50. The number of carbonyl (C=O) groups is 2. The maximum atomic E-state index is 12.9. The molecule has 0 saturated heterocycles. The van der Waals surface area contributed by atoms with E-state index in [9.17, 15) is 19.1 Å². The van der Waals surface area contributed by atoms with E-state index in [1.54, 1.807) is 0 Å². The first-order valence-corrected chi connectivity index (χ1v) is 7.42. The van der Waals surface area contributed by atoms with E-state index in [-0.39, 0.29) is 18.2 Å². The number of rotatable bonds is 7. The molecule has 2 aromatic rings. The van der Waals surface area contributed by atoms with Crippen molar-refractivity contribution in [3.63, 3.8) is 0 Å². The summed E-state index contributed by atoms with van der Waals surface area (Å²) in [6.07, 6.45) is 1.86. The zero-order chi connectivity index (χ0) is 17.1. The van der Waals surface area contributed by atoms with Crippen LogP contribution in [0.15, 0.2) is 35.1 Å². The number of nitrogens with zero attached hydrogens (tertiary/aromatic N) is 1. The smallest absolute Gasteiger partial charge is 0.346 e. The average molecular weight is 334 g/mol. The predicted octanol–water partition coefficient (Wildman–Crippen LogP) is 1.95. The van der Waals surface area contributed by atoms with Crippen LogP contribution >= 0.6 is 0 Å². The molecule has 2 N–H and O–H groups in total. The number of carboxylic acids is 1. The number of nitrogens with one attached hydrogen (secondary N) is 1. The Morgan fingerprint density at radius 3 is 2.71 bits per heavy atom. The summed E-state index contributed by atoms with van der Waals surface area (Å²) in [6, 6.07) is 4.95. The third-order valence-corrected chi connectivity index (χ3v) is 3.62. The Bertz CT molecular complexity index is 739. The minimum absolute atomic E-state index is 0.196. The molecule has 1 atom stereocenters. The second kappa shape index (κ2) is 6.69. The van der Waals surface area contributed by atoms with E-state index in [0.29, 0.717) is 11.3 Å². The molecule has 8 heteroatoms. The van der Waals surface area contributed by atoms with Gasteiger partial charge in [0.25, 0.3) is 5.91 Å². The van der Waals surface area contributed by atoms with Crippen LogP contribution in [0.1, 0.15) is 34.8 Å². The molecular formula is C16H15FN2O5. The Labute approximate surface area is 136 Å². The van der Waals surface area contributed by atoms with Gasteiger partial charge in [-0.05, 0) is 37.1 Å². The number of amides is 1. The molecule has 1 aliphatic carbocycles. The number of aliphatic carboxylic acids is 1. The van der Waals surface area contributed by atoms with Crippen LogP contribution in [0.3, 0.4) is 0 Å². The lowest BCUT2D eigenvalue weighted by Crippen LogP contribution is -2.40. The second-order valence-corrected chi connectivity index (χ2v) is 5.50. The fraction of sp³-hybridized carbons (Fsp3) is 0.312. The van der Waals surface area contributed by atoms with Gasteiger partial charge in [-0.3, -0.25) is 4.79 Å². The Morgan fingerprint density at radius 2 is 2.08 bits per heavy atom. The van der Waals surface area contributed by atoms with Crippen LogP contribution in [-0.4, -0.2) is 34.8 Å². The molecule has 0 bridgehead atoms. The topological polar surface area (TPSA) is 102 Å². The molecule has 0 radical (unpaired) electrons. The molecule has 126 valence electrons. The van der Waals surface area contributed by atoms with Gasteiger partial charge in [-0.1, -0.05) is 5.16 Å². The third kappa shape index (κ3) is 3.70. The monoisotopic (exact) mass is 334 g/mol. The number of aromatic nitrogens is 1. The van der Waals surface area contributed by atoms with Crippen molar-refractivity contribution in [1.29, 1.82) is 0 Å². The normalized spacial score (nSPS) is 14.9. The van der Waals surface area contributed by atoms with E-state index >= 15 is 0 Å². The Balaban J connectivity index is 1.61. The Kier molecular flexibility index (Phi) is 4.45. The molecule has 1 amide bonds. The van der Waals surface area contributed by atoms with Gasteiger partial charge in [0.15, 0.2) is 0 Å². The molecule has 7 nitrogen and oxygen atoms in total. The van der Waals surface area contributed by atoms with E-state index < -0.39 is 23.8 Å². The highest BCUT2D eigenvalue weighted by Gasteiger charge is 2.32. The maximum absolute atomic E-state index is 12.9. The minimum Gasteiger partial charge on any atom is -0.478 e. The first-order valence-electron chi connectivity index (χ1n) is 7.42. The van der Waals surface area contributed by atoms with Crippen molar-refractivity contribution in [2.75, 3.05) is 6.54 Å². The molecule has 3 rings (SSSR count). The number of halogens is 1. The minimum atomic E-state index is -1.30. The van der Waals surface area contributed by atoms with Gasteiger partial charge in [0.05, 0.1) is 12.2 Å². The third-order valence-electron chi connectivity index (χ3n) is 3.62. The van der Waals surface area contributed by atoms with Gasteiger partial charge in [-0.25, -0.2) is 9.18 Å². The maximum Gasteiger partial charge on any atom is 0.346 e. The highest BCUT2D eigenvalue weighted by atomic mass is 19.1. The number of hydrogen-bond donors (Lipinski definition) is 2. The summed E-state index contributed by atoms with van der Waals surface area (Å²) in [7, 11) is 0. The highest BCUT2D eigenvalue weighted by Crippen LogP contribution is 2.40. The van der Waals surface area contributed by atoms with E-state index in [2.05, 4.69) is 10.5 Å². The molecule has 1 aromatic carbocycles. The van der Waals surface area contributed by atoms with Crippen molar-refractivity contribution < 1.29 is 28.3 Å². The summed E-state index contributed by atoms with van der Waals surface area (Å²) in [5.74, 6) is -1.74. The molecular weight excluding hydrogens is 319 g/mol. The van der Waals surface area contributed by atoms with Gasteiger partial charge in [-0.2, -0.15) is 0 Å². The van der Waals surface area contributed by atoms with E-state index in [0.717, 1.165) is 25.0 Å². The van der Waals surface area contributed by atoms with Crippen molar-refractivity contribution in [2.45, 2.75) is 24.9 Å². The van der Waals surface area contributed by atoms with Gasteiger partial charge < -0.3 is 19.7 Å². The summed E-state index contributed by atoms with van der Waals surface area (Å²) in [5.41, 5.74) is 0.905. The molecule has 1 saturated carbocycles. The van der Waals surface area contributed by atoms with E-state index in [4.69, 9.17) is 9.26 Å². The lowest BCUT2D eigenvalue weighted by Gasteiger charge is -2.15. The van der Waals surface area contributed by atoms with Gasteiger partial charge in [0, 0.05) is 5.92 Å². The molecule has 1 fully saturated rings. The molecule has 0 aliphatic heterocycles. The largest absolute Gasteiger partial charge is 0.478 e. The number of carboxylic acid groups (broad SMARTS) is 1. The zero-order valence-electron chi connectivity index (χ0n) is 12.6. The Morgan fingerprint density at radius 1 is 1.38 bits per heavy atom. The van der Waals surface area contributed by atoms with Crippen LogP contribution in [0.4, 0.5) is 4.39 Å². The SMILES string of the molecule is O=C(NCC(Oc1ccc(F)cc1)C(=O)O)c1conc1C1CC1. The van der Waals surface area contributed by atoms with Crippen LogP contribution in [0, 0.1) is 5.82 Å². The van der Waals surface area contributed by atoms with E-state index in [1.165, 1.54) is 18.4 Å². The van der Waals surface area contributed by atoms with Crippen LogP contribution in [0.25, 0.3) is 0 Å². The van der Waals surface area contributed by atoms with Crippen LogP contribution in [0.2, 0.25) is 0 Å². The predicted molar refractivity (Wildman–Crippen MR) is 79.3 cm³/mol. The Hall–Kier alpha value is -2.90. The number of carbonyl (C=O) groups excluding carboxylic acids is 1. The fourth-order valence-corrected chi connectivity index (χ4v) is 2.20. The zero-order valence-corrected chi connectivity index (χ0v) is 12.6. The molecule has 1 unspecified atom stereocenters. The molecule has 24 heavy (non-hydrogen) atoms. The summed E-state index contributed by atoms with van der Waals surface area (Å²) in [6.45, 7) is -0.249. The van der Waals surface area contributed by atoms with Crippen molar-refractivity contribution in [3.05, 3.63) is 47.6 Å². The molecule has 0 spiro atoms. The number of benzene rings is 1. The van der Waals surface area contributed by atoms with Crippen LogP contribution in [0.5, 0.6) is 5.75 Å². The van der Waals surface area contributed by atoms with Gasteiger partial charge in [0.1, 0.15) is 23.4 Å². The van der Waals surface area contributed by atoms with Crippen molar-refractivity contribution in [1.82, 2.24) is 10.5 Å². The van der Waals surface area contributed by atoms with E-state index in [1.807, 2.05) is 0 Å². The number of hydrogen-bond acceptors (Lipinski definition) is 5. The standard InChI is InChI=1S/C16H15FN2O5/c17-10-3-5-11(6-4-10)24-13(16(21)22)7-18-15(20)12-8-23-19-14(12)9-1-2-9/h3-6,8-9,13H,1-2,7H2,(H,18,20)(H,21,22). The first kappa shape index (κ1) is 16.0. The lowest BCUT2D eigenvalue weighted by atomic mass is 10.1. The van der Waals surface area contributed by atoms with Gasteiger partial charge >= 0.3 is 5.97 Å². The molecule has 1 aliphatic rings. The average Bonchev–Trinajstić information content (AvgIpc) is 3.29. The number of ether oxygens (including phenoxy) is 1. The lowest BCUT2D eigenvalue weighted by molar-refractivity contribution is -0.144. The van der Waals surface area contributed by atoms with Crippen molar-refractivity contribution >= 4 is 11.9 Å². The summed E-state index contributed by atoms with van der Waals surface area (Å²) < 4.78 is 23.0. The summed E-state index contributed by atoms with van der Waals surface area (Å²) in [4.78, 5) is 23.4. The summed E-state index contributed by atoms with van der Waals surface area (Å²) in [5, 5.41) is 15.5. The van der Waals surface area contributed by atoms with Crippen molar-refractivity contribution in [3.8, 4) is 5.75 Å². The molecule has 1 heterocycles. The summed E-state index contributed by atoms with van der Waals surface area (Å²) >= 11 is 0. The van der Waals surface area contributed by atoms with Gasteiger partial charge in [-0.15, -0.1) is 0 Å². The van der Waals surface area contributed by atoms with Crippen LogP contribution in [-0.2, 0) is 4.79 Å². The first-order chi connectivity index (χ1) is 11.5. The van der Waals surface area contributed by atoms with Crippen molar-refractivity contribution in [2.24, 2.45) is 0 Å².